The molecule has 0 aliphatic carbocycles. The highest BCUT2D eigenvalue weighted by atomic mass is 16.6. The number of fused-ring (bicyclic) bond motifs is 2. The third-order valence-corrected chi connectivity index (χ3v) is 4.18. The molecule has 0 spiro atoms. The van der Waals surface area contributed by atoms with E-state index in [0.717, 1.165) is 17.6 Å². The van der Waals surface area contributed by atoms with Crippen molar-refractivity contribution in [3.05, 3.63) is 80.4 Å². The molecule has 0 atom stereocenters. The fourth-order valence-corrected chi connectivity index (χ4v) is 3.01. The fourth-order valence-electron chi connectivity index (χ4n) is 3.01. The summed E-state index contributed by atoms with van der Waals surface area (Å²) >= 11 is 0. The van der Waals surface area contributed by atoms with Gasteiger partial charge >= 0.3 is 0 Å². The van der Waals surface area contributed by atoms with Crippen LogP contribution >= 0.6 is 0 Å². The molecule has 1 aliphatic heterocycles. The molecular formula is C18H13N3O3. The summed E-state index contributed by atoms with van der Waals surface area (Å²) in [6.07, 6.45) is 2.75. The summed E-state index contributed by atoms with van der Waals surface area (Å²) in [7, 11) is 0. The number of hydrogen-bond acceptors (Lipinski definition) is 4. The Bertz CT molecular complexity index is 1050. The minimum Gasteiger partial charge on any atom is -0.292 e. The van der Waals surface area contributed by atoms with Crippen molar-refractivity contribution >= 4 is 28.2 Å². The quantitative estimate of drug-likeness (QED) is 0.536. The molecule has 0 radical (unpaired) electrons. The van der Waals surface area contributed by atoms with Gasteiger partial charge in [-0.15, -0.1) is 0 Å². The van der Waals surface area contributed by atoms with Gasteiger partial charge in [0.15, 0.2) is 0 Å². The van der Waals surface area contributed by atoms with Crippen LogP contribution in [0, 0.1) is 10.1 Å². The summed E-state index contributed by atoms with van der Waals surface area (Å²) in [5.41, 5.74) is 2.21. The minimum absolute atomic E-state index is 0.0972. The summed E-state index contributed by atoms with van der Waals surface area (Å²) in [5, 5.41) is 11.2. The number of non-ortho nitro benzene ring substituents is 1. The monoisotopic (exact) mass is 319 g/mol. The van der Waals surface area contributed by atoms with Crippen molar-refractivity contribution in [1.29, 1.82) is 0 Å². The van der Waals surface area contributed by atoms with Gasteiger partial charge in [-0.1, -0.05) is 30.3 Å². The Morgan fingerprint density at radius 3 is 2.71 bits per heavy atom. The van der Waals surface area contributed by atoms with Gasteiger partial charge in [-0.25, -0.2) is 4.98 Å². The van der Waals surface area contributed by atoms with Gasteiger partial charge in [-0.05, 0) is 29.7 Å². The third-order valence-electron chi connectivity index (χ3n) is 4.18. The van der Waals surface area contributed by atoms with Crippen molar-refractivity contribution in [1.82, 2.24) is 9.55 Å². The number of rotatable bonds is 2. The van der Waals surface area contributed by atoms with Gasteiger partial charge in [-0.3, -0.25) is 19.5 Å². The van der Waals surface area contributed by atoms with E-state index >= 15 is 0 Å². The zero-order valence-corrected chi connectivity index (χ0v) is 12.7. The molecule has 0 bridgehead atoms. The molecule has 0 amide bonds. The van der Waals surface area contributed by atoms with E-state index in [1.807, 2.05) is 36.4 Å². The van der Waals surface area contributed by atoms with Crippen LogP contribution in [0.25, 0.3) is 22.6 Å². The number of nitro groups is 1. The SMILES string of the molecule is O=c1c2cc([N+](=O)[O-])ccc2nc2n1CC/C2=C/c1ccccc1. The molecule has 118 valence electrons. The van der Waals surface area contributed by atoms with Gasteiger partial charge in [0.05, 0.1) is 15.8 Å². The molecule has 0 fully saturated rings. The van der Waals surface area contributed by atoms with Crippen LogP contribution in [0.3, 0.4) is 0 Å². The minimum atomic E-state index is -0.502. The molecule has 0 saturated heterocycles. The Morgan fingerprint density at radius 2 is 1.96 bits per heavy atom. The number of nitrogens with zero attached hydrogens (tertiary/aromatic N) is 3. The van der Waals surface area contributed by atoms with Crippen LogP contribution in [0.15, 0.2) is 53.3 Å². The molecule has 2 heterocycles. The highest BCUT2D eigenvalue weighted by molar-refractivity contribution is 5.85. The highest BCUT2D eigenvalue weighted by Gasteiger charge is 2.21. The van der Waals surface area contributed by atoms with E-state index in [1.54, 1.807) is 4.57 Å². The van der Waals surface area contributed by atoms with Crippen LogP contribution in [0.5, 0.6) is 0 Å². The zero-order valence-electron chi connectivity index (χ0n) is 12.7. The maximum Gasteiger partial charge on any atom is 0.270 e. The van der Waals surface area contributed by atoms with Crippen LogP contribution in [0.4, 0.5) is 5.69 Å². The van der Waals surface area contributed by atoms with Crippen molar-refractivity contribution in [3.63, 3.8) is 0 Å². The summed E-state index contributed by atoms with van der Waals surface area (Å²) in [6.45, 7) is 0.540. The molecule has 0 unspecified atom stereocenters. The van der Waals surface area contributed by atoms with Crippen LogP contribution in [0.2, 0.25) is 0 Å². The second-order valence-electron chi connectivity index (χ2n) is 5.68. The smallest absolute Gasteiger partial charge is 0.270 e. The van der Waals surface area contributed by atoms with E-state index < -0.39 is 4.92 Å². The first-order valence-electron chi connectivity index (χ1n) is 7.58. The van der Waals surface area contributed by atoms with E-state index in [9.17, 15) is 14.9 Å². The Kier molecular flexibility index (Phi) is 3.23. The predicted molar refractivity (Wildman–Crippen MR) is 91.6 cm³/mol. The standard InChI is InChI=1S/C18H13N3O3/c22-18-15-11-14(21(23)24)6-7-16(15)19-17-13(8-9-20(17)18)10-12-4-2-1-3-5-12/h1-7,10-11H,8-9H2/b13-10-. The maximum atomic E-state index is 12.7. The third kappa shape index (κ3) is 2.28. The molecule has 6 nitrogen and oxygen atoms in total. The molecule has 24 heavy (non-hydrogen) atoms. The van der Waals surface area contributed by atoms with Gasteiger partial charge in [0.25, 0.3) is 11.2 Å². The first kappa shape index (κ1) is 14.3. The van der Waals surface area contributed by atoms with Crippen molar-refractivity contribution in [2.24, 2.45) is 0 Å². The lowest BCUT2D eigenvalue weighted by Crippen LogP contribution is -2.20. The molecule has 0 saturated carbocycles. The fraction of sp³-hybridized carbons (Fsp3) is 0.111. The van der Waals surface area contributed by atoms with Crippen LogP contribution in [-0.4, -0.2) is 14.5 Å². The van der Waals surface area contributed by atoms with Crippen LogP contribution in [-0.2, 0) is 6.54 Å². The Hall–Kier alpha value is -3.28. The topological polar surface area (TPSA) is 78.0 Å². The first-order chi connectivity index (χ1) is 11.6. The molecule has 0 N–H and O–H groups in total. The number of aromatic nitrogens is 2. The van der Waals surface area contributed by atoms with Crippen LogP contribution in [0.1, 0.15) is 17.8 Å². The lowest BCUT2D eigenvalue weighted by atomic mass is 10.1. The van der Waals surface area contributed by atoms with E-state index in [0.29, 0.717) is 17.9 Å². The number of benzene rings is 2. The Balaban J connectivity index is 1.90. The number of hydrogen-bond donors (Lipinski definition) is 0. The molecule has 1 aliphatic rings. The molecule has 6 heteroatoms. The number of nitro benzene ring substituents is 1. The zero-order chi connectivity index (χ0) is 16.7. The maximum absolute atomic E-state index is 12.7. The van der Waals surface area contributed by atoms with Crippen molar-refractivity contribution in [2.45, 2.75) is 13.0 Å². The Morgan fingerprint density at radius 1 is 1.17 bits per heavy atom. The molecule has 4 rings (SSSR count). The molecule has 2 aromatic carbocycles. The van der Waals surface area contributed by atoms with E-state index in [2.05, 4.69) is 4.98 Å². The van der Waals surface area contributed by atoms with Crippen LogP contribution < -0.4 is 5.56 Å². The second kappa shape index (κ2) is 5.42. The summed E-state index contributed by atoms with van der Waals surface area (Å²) < 4.78 is 1.60. The van der Waals surface area contributed by atoms with Crippen molar-refractivity contribution < 1.29 is 4.92 Å². The molecule has 3 aromatic rings. The Labute approximate surface area is 136 Å². The molecule has 1 aromatic heterocycles. The van der Waals surface area contributed by atoms with Gasteiger partial charge in [-0.2, -0.15) is 0 Å². The summed E-state index contributed by atoms with van der Waals surface area (Å²) in [5.74, 6) is 0.644. The summed E-state index contributed by atoms with van der Waals surface area (Å²) in [6, 6.07) is 14.1. The van der Waals surface area contributed by atoms with Gasteiger partial charge < -0.3 is 0 Å². The van der Waals surface area contributed by atoms with Gasteiger partial charge in [0, 0.05) is 18.7 Å². The average Bonchev–Trinajstić information content (AvgIpc) is 2.99. The van der Waals surface area contributed by atoms with E-state index in [4.69, 9.17) is 0 Å². The van der Waals surface area contributed by atoms with Crippen molar-refractivity contribution in [3.8, 4) is 0 Å². The molecular weight excluding hydrogens is 306 g/mol. The van der Waals surface area contributed by atoms with E-state index in [-0.39, 0.29) is 16.6 Å². The van der Waals surface area contributed by atoms with Gasteiger partial charge in [0.2, 0.25) is 0 Å². The second-order valence-corrected chi connectivity index (χ2v) is 5.68. The lowest BCUT2D eigenvalue weighted by Gasteiger charge is -2.05. The highest BCUT2D eigenvalue weighted by Crippen LogP contribution is 2.28. The predicted octanol–water partition coefficient (Wildman–Crippen LogP) is 3.25. The summed E-state index contributed by atoms with van der Waals surface area (Å²) in [4.78, 5) is 27.6. The largest absolute Gasteiger partial charge is 0.292 e. The van der Waals surface area contributed by atoms with E-state index in [1.165, 1.54) is 18.2 Å². The van der Waals surface area contributed by atoms with Crippen molar-refractivity contribution in [2.75, 3.05) is 0 Å². The lowest BCUT2D eigenvalue weighted by molar-refractivity contribution is -0.384. The average molecular weight is 319 g/mol. The normalized spacial score (nSPS) is 14.9. The first-order valence-corrected chi connectivity index (χ1v) is 7.58. The van der Waals surface area contributed by atoms with Gasteiger partial charge in [0.1, 0.15) is 5.82 Å². The number of allylic oxidation sites excluding steroid dienone is 1.